The smallest absolute Gasteiger partial charge is 0.122 e. The van der Waals surface area contributed by atoms with E-state index in [1.54, 1.807) is 7.11 Å². The average Bonchev–Trinajstić information content (AvgIpc) is 2.42. The Bertz CT molecular complexity index is 635. The van der Waals surface area contributed by atoms with Gasteiger partial charge in [-0.05, 0) is 66.8 Å². The van der Waals surface area contributed by atoms with E-state index in [1.165, 1.54) is 0 Å². The Balaban J connectivity index is 2.53. The highest BCUT2D eigenvalue weighted by atomic mass is 35.5. The summed E-state index contributed by atoms with van der Waals surface area (Å²) in [6.07, 6.45) is 0. The molecule has 0 bridgehead atoms. The Labute approximate surface area is 131 Å². The topological polar surface area (TPSA) is 47.3 Å². The van der Waals surface area contributed by atoms with Gasteiger partial charge in [0.05, 0.1) is 13.2 Å². The zero-order valence-electron chi connectivity index (χ0n) is 12.8. The van der Waals surface area contributed by atoms with Gasteiger partial charge in [0.2, 0.25) is 0 Å². The molecule has 0 aliphatic carbocycles. The van der Waals surface area contributed by atoms with Crippen LogP contribution >= 0.6 is 11.6 Å². The summed E-state index contributed by atoms with van der Waals surface area (Å²) in [5.41, 5.74) is 8.38. The van der Waals surface area contributed by atoms with Gasteiger partial charge < -0.3 is 4.74 Å². The average molecular weight is 305 g/mol. The molecule has 2 aromatic carbocycles. The predicted molar refractivity (Wildman–Crippen MR) is 87.8 cm³/mol. The summed E-state index contributed by atoms with van der Waals surface area (Å²) < 4.78 is 5.37. The molecule has 1 atom stereocenters. The second-order valence-electron chi connectivity index (χ2n) is 5.34. The maximum absolute atomic E-state index is 6.17. The molecule has 0 fully saturated rings. The summed E-state index contributed by atoms with van der Waals surface area (Å²) in [5.74, 6) is 6.69. The molecule has 112 valence electrons. The summed E-state index contributed by atoms with van der Waals surface area (Å²) >= 11 is 6.17. The van der Waals surface area contributed by atoms with Crippen LogP contribution < -0.4 is 16.0 Å². The van der Waals surface area contributed by atoms with Crippen LogP contribution in [0, 0.1) is 20.8 Å². The van der Waals surface area contributed by atoms with Gasteiger partial charge in [0, 0.05) is 5.02 Å². The molecule has 2 aromatic rings. The minimum atomic E-state index is -0.105. The van der Waals surface area contributed by atoms with E-state index in [2.05, 4.69) is 24.5 Å². The second kappa shape index (κ2) is 6.48. The number of ether oxygens (including phenoxy) is 1. The molecule has 0 spiro atoms. The molecule has 0 aromatic heterocycles. The fourth-order valence-electron chi connectivity index (χ4n) is 2.64. The van der Waals surface area contributed by atoms with E-state index in [0.29, 0.717) is 5.02 Å². The van der Waals surface area contributed by atoms with Gasteiger partial charge >= 0.3 is 0 Å². The molecule has 4 heteroatoms. The number of nitrogens with two attached hydrogens (primary N) is 1. The van der Waals surface area contributed by atoms with Crippen molar-refractivity contribution >= 4 is 11.6 Å². The Morgan fingerprint density at radius 3 is 2.33 bits per heavy atom. The van der Waals surface area contributed by atoms with E-state index < -0.39 is 0 Å². The zero-order valence-corrected chi connectivity index (χ0v) is 13.6. The van der Waals surface area contributed by atoms with E-state index in [-0.39, 0.29) is 6.04 Å². The van der Waals surface area contributed by atoms with E-state index in [0.717, 1.165) is 33.6 Å². The van der Waals surface area contributed by atoms with Crippen molar-refractivity contribution in [1.29, 1.82) is 0 Å². The second-order valence-corrected chi connectivity index (χ2v) is 5.78. The number of hydrazine groups is 1. The molecule has 21 heavy (non-hydrogen) atoms. The molecule has 0 saturated carbocycles. The molecule has 0 aliphatic rings. The number of hydrogen-bond acceptors (Lipinski definition) is 3. The number of halogens is 1. The van der Waals surface area contributed by atoms with Crippen molar-refractivity contribution in [3.8, 4) is 5.75 Å². The van der Waals surface area contributed by atoms with E-state index >= 15 is 0 Å². The molecule has 3 N–H and O–H groups in total. The number of methoxy groups -OCH3 is 1. The van der Waals surface area contributed by atoms with Crippen LogP contribution in [0.3, 0.4) is 0 Å². The predicted octanol–water partition coefficient (Wildman–Crippen LogP) is 3.83. The van der Waals surface area contributed by atoms with Gasteiger partial charge in [0.15, 0.2) is 0 Å². The maximum Gasteiger partial charge on any atom is 0.122 e. The van der Waals surface area contributed by atoms with Crippen LogP contribution in [0.25, 0.3) is 0 Å². The minimum Gasteiger partial charge on any atom is -0.496 e. The Morgan fingerprint density at radius 2 is 1.76 bits per heavy atom. The number of rotatable bonds is 4. The van der Waals surface area contributed by atoms with Gasteiger partial charge in [-0.2, -0.15) is 0 Å². The fourth-order valence-corrected chi connectivity index (χ4v) is 2.94. The highest BCUT2D eigenvalue weighted by Crippen LogP contribution is 2.31. The maximum atomic E-state index is 6.17. The normalized spacial score (nSPS) is 12.3. The molecule has 0 radical (unpaired) electrons. The lowest BCUT2D eigenvalue weighted by atomic mass is 9.93. The fraction of sp³-hybridized carbons (Fsp3) is 0.294. The molecule has 0 aliphatic heterocycles. The van der Waals surface area contributed by atoms with Crippen molar-refractivity contribution in [3.05, 3.63) is 63.2 Å². The van der Waals surface area contributed by atoms with Crippen molar-refractivity contribution in [2.75, 3.05) is 7.11 Å². The Morgan fingerprint density at radius 1 is 1.05 bits per heavy atom. The van der Waals surface area contributed by atoms with Crippen LogP contribution in [-0.4, -0.2) is 7.11 Å². The minimum absolute atomic E-state index is 0.105. The summed E-state index contributed by atoms with van der Waals surface area (Å²) in [4.78, 5) is 0. The van der Waals surface area contributed by atoms with Crippen molar-refractivity contribution < 1.29 is 4.74 Å². The number of aryl methyl sites for hydroxylation is 3. The summed E-state index contributed by atoms with van der Waals surface area (Å²) in [6.45, 7) is 6.10. The van der Waals surface area contributed by atoms with Gasteiger partial charge in [-0.3, -0.25) is 5.84 Å². The van der Waals surface area contributed by atoms with Gasteiger partial charge in [-0.15, -0.1) is 0 Å². The van der Waals surface area contributed by atoms with Crippen LogP contribution in [0.1, 0.15) is 33.9 Å². The first-order valence-corrected chi connectivity index (χ1v) is 7.22. The van der Waals surface area contributed by atoms with Crippen LogP contribution in [0.2, 0.25) is 5.02 Å². The number of benzene rings is 2. The first-order valence-electron chi connectivity index (χ1n) is 6.84. The van der Waals surface area contributed by atoms with E-state index in [9.17, 15) is 0 Å². The van der Waals surface area contributed by atoms with Crippen molar-refractivity contribution in [3.63, 3.8) is 0 Å². The Hall–Kier alpha value is -1.55. The molecular weight excluding hydrogens is 284 g/mol. The third-order valence-electron chi connectivity index (χ3n) is 3.66. The highest BCUT2D eigenvalue weighted by molar-refractivity contribution is 6.30. The lowest BCUT2D eigenvalue weighted by Crippen LogP contribution is -2.29. The zero-order chi connectivity index (χ0) is 15.6. The van der Waals surface area contributed by atoms with Gasteiger partial charge in [0.25, 0.3) is 0 Å². The first kappa shape index (κ1) is 15.8. The lowest BCUT2D eigenvalue weighted by Gasteiger charge is -2.21. The van der Waals surface area contributed by atoms with Gasteiger partial charge in [-0.25, -0.2) is 5.43 Å². The quantitative estimate of drug-likeness (QED) is 0.666. The molecule has 0 saturated heterocycles. The molecule has 1 unspecified atom stereocenters. The monoisotopic (exact) mass is 304 g/mol. The largest absolute Gasteiger partial charge is 0.496 e. The molecule has 3 nitrogen and oxygen atoms in total. The summed E-state index contributed by atoms with van der Waals surface area (Å²) in [7, 11) is 1.68. The van der Waals surface area contributed by atoms with Crippen molar-refractivity contribution in [2.45, 2.75) is 26.8 Å². The Kier molecular flexibility index (Phi) is 4.88. The third-order valence-corrected chi connectivity index (χ3v) is 3.88. The number of hydrogen-bond donors (Lipinski definition) is 2. The molecule has 0 heterocycles. The van der Waals surface area contributed by atoms with Crippen molar-refractivity contribution in [2.24, 2.45) is 5.84 Å². The molecular formula is C17H21ClN2O. The molecule has 0 amide bonds. The molecule has 2 rings (SSSR count). The van der Waals surface area contributed by atoms with E-state index in [1.807, 2.05) is 32.0 Å². The van der Waals surface area contributed by atoms with E-state index in [4.69, 9.17) is 22.2 Å². The SMILES string of the molecule is COc1cc(C)c(C(NN)c2cc(C)cc(Cl)c2)cc1C. The van der Waals surface area contributed by atoms with Gasteiger partial charge in [-0.1, -0.05) is 23.7 Å². The standard InChI is InChI=1S/C17H21ClN2O/c1-10-5-13(9-14(18)6-10)17(20-19)15-7-12(3)16(21-4)8-11(15)2/h5-9,17,20H,19H2,1-4H3. The van der Waals surface area contributed by atoms with Crippen LogP contribution in [0.15, 0.2) is 30.3 Å². The van der Waals surface area contributed by atoms with Crippen LogP contribution in [0.5, 0.6) is 5.75 Å². The third kappa shape index (κ3) is 3.38. The summed E-state index contributed by atoms with van der Waals surface area (Å²) in [6, 6.07) is 10.0. The van der Waals surface area contributed by atoms with Crippen LogP contribution in [0.4, 0.5) is 0 Å². The lowest BCUT2D eigenvalue weighted by molar-refractivity contribution is 0.411. The highest BCUT2D eigenvalue weighted by Gasteiger charge is 2.17. The van der Waals surface area contributed by atoms with Crippen LogP contribution in [-0.2, 0) is 0 Å². The van der Waals surface area contributed by atoms with Gasteiger partial charge in [0.1, 0.15) is 5.75 Å². The first-order chi connectivity index (χ1) is 9.96. The number of nitrogens with one attached hydrogen (secondary N) is 1. The van der Waals surface area contributed by atoms with Crippen molar-refractivity contribution in [1.82, 2.24) is 5.43 Å². The summed E-state index contributed by atoms with van der Waals surface area (Å²) in [5, 5.41) is 0.716.